The fourth-order valence-electron chi connectivity index (χ4n) is 1.01. The molecule has 0 aromatic heterocycles. The van der Waals surface area contributed by atoms with Crippen LogP contribution in [0.1, 0.15) is 0 Å². The van der Waals surface area contributed by atoms with E-state index in [2.05, 4.69) is 24.6 Å². The lowest BCUT2D eigenvalue weighted by Crippen LogP contribution is -2.32. The molecule has 72 valence electrons. The molecule has 4 heteroatoms. The van der Waals surface area contributed by atoms with Gasteiger partial charge in [-0.3, -0.25) is 0 Å². The van der Waals surface area contributed by atoms with Crippen LogP contribution < -0.4 is 4.98 Å². The average Bonchev–Trinajstić information content (AvgIpc) is 1.94. The van der Waals surface area contributed by atoms with Gasteiger partial charge in [-0.2, -0.15) is 0 Å². The van der Waals surface area contributed by atoms with Crippen molar-refractivity contribution in [3.63, 3.8) is 0 Å². The van der Waals surface area contributed by atoms with Gasteiger partial charge in [0.05, 0.1) is 10.0 Å². The smallest absolute Gasteiger partial charge is 0.144 e. The third-order valence-electron chi connectivity index (χ3n) is 1.44. The molecule has 0 heterocycles. The number of hydrogen-bond acceptors (Lipinski definition) is 1. The van der Waals surface area contributed by atoms with Crippen LogP contribution in [0.25, 0.3) is 0 Å². The van der Waals surface area contributed by atoms with E-state index >= 15 is 0 Å². The second kappa shape index (κ2) is 3.90. The molecule has 0 radical (unpaired) electrons. The molecule has 0 spiro atoms. The van der Waals surface area contributed by atoms with E-state index in [1.54, 1.807) is 0 Å². The van der Waals surface area contributed by atoms with Crippen molar-refractivity contribution in [3.05, 3.63) is 28.2 Å². The average molecular weight is 234 g/mol. The molecule has 13 heavy (non-hydrogen) atoms. The van der Waals surface area contributed by atoms with Gasteiger partial charge >= 0.3 is 0 Å². The van der Waals surface area contributed by atoms with Crippen molar-refractivity contribution in [2.24, 2.45) is 0 Å². The summed E-state index contributed by atoms with van der Waals surface area (Å²) in [5.74, 6) is 0. The zero-order chi connectivity index (χ0) is 10.1. The summed E-state index contributed by atoms with van der Waals surface area (Å²) in [5.41, 5.74) is 1.05. The minimum Gasteiger partial charge on any atom is -0.411 e. The summed E-state index contributed by atoms with van der Waals surface area (Å²) >= 11 is 11.7. The highest BCUT2D eigenvalue weighted by Crippen LogP contribution is 2.25. The van der Waals surface area contributed by atoms with E-state index in [1.807, 2.05) is 18.2 Å². The third kappa shape index (κ3) is 3.59. The second-order valence-corrected chi connectivity index (χ2v) is 9.57. The van der Waals surface area contributed by atoms with Gasteiger partial charge in [0.25, 0.3) is 0 Å². The van der Waals surface area contributed by atoms with Gasteiger partial charge in [0.1, 0.15) is 8.24 Å². The molecule has 0 saturated carbocycles. The fraction of sp³-hybridized carbons (Fsp3) is 0.333. The molecule has 0 saturated heterocycles. The lowest BCUT2D eigenvalue weighted by molar-refractivity contribution is 1.57. The van der Waals surface area contributed by atoms with Crippen LogP contribution in [0, 0.1) is 0 Å². The van der Waals surface area contributed by atoms with Crippen molar-refractivity contribution in [2.45, 2.75) is 19.6 Å². The van der Waals surface area contributed by atoms with E-state index in [-0.39, 0.29) is 0 Å². The third-order valence-corrected chi connectivity index (χ3v) is 3.22. The maximum atomic E-state index is 5.89. The second-order valence-electron chi connectivity index (χ2n) is 4.00. The number of hydrogen-bond donors (Lipinski definition) is 1. The lowest BCUT2D eigenvalue weighted by atomic mass is 10.3. The van der Waals surface area contributed by atoms with Crippen LogP contribution in [0.2, 0.25) is 29.7 Å². The van der Waals surface area contributed by atoms with E-state index in [1.165, 1.54) is 0 Å². The minimum absolute atomic E-state index is 0.600. The first kappa shape index (κ1) is 10.9. The van der Waals surface area contributed by atoms with Crippen molar-refractivity contribution in [1.29, 1.82) is 0 Å². The SMILES string of the molecule is C[Si](C)(C)Nc1ccc(Cl)c(Cl)c1. The molecule has 0 fully saturated rings. The quantitative estimate of drug-likeness (QED) is 0.754. The molecule has 0 amide bonds. The van der Waals surface area contributed by atoms with Crippen LogP contribution in [0.15, 0.2) is 18.2 Å². The summed E-state index contributed by atoms with van der Waals surface area (Å²) in [6.07, 6.45) is 0. The Labute approximate surface area is 90.1 Å². The van der Waals surface area contributed by atoms with Crippen molar-refractivity contribution in [3.8, 4) is 0 Å². The Balaban J connectivity index is 2.86. The molecule has 0 aliphatic carbocycles. The van der Waals surface area contributed by atoms with Gasteiger partial charge in [-0.05, 0) is 18.2 Å². The molecule has 0 aliphatic rings. The lowest BCUT2D eigenvalue weighted by Gasteiger charge is -2.19. The first-order chi connectivity index (χ1) is 5.88. The Morgan fingerprint density at radius 3 is 2.15 bits per heavy atom. The van der Waals surface area contributed by atoms with Crippen LogP contribution in [-0.2, 0) is 0 Å². The number of anilines is 1. The van der Waals surface area contributed by atoms with E-state index in [0.717, 1.165) is 5.69 Å². The predicted octanol–water partition coefficient (Wildman–Crippen LogP) is 4.24. The molecular weight excluding hydrogens is 221 g/mol. The van der Waals surface area contributed by atoms with Gasteiger partial charge in [-0.25, -0.2) is 0 Å². The molecular formula is C9H13Cl2NSi. The topological polar surface area (TPSA) is 12.0 Å². The summed E-state index contributed by atoms with van der Waals surface area (Å²) in [5, 5.41) is 1.20. The van der Waals surface area contributed by atoms with Crippen LogP contribution in [0.3, 0.4) is 0 Å². The molecule has 1 aromatic carbocycles. The Morgan fingerprint density at radius 2 is 1.69 bits per heavy atom. The van der Waals surface area contributed by atoms with Crippen molar-refractivity contribution in [1.82, 2.24) is 0 Å². The number of halogens is 2. The minimum atomic E-state index is -1.29. The Morgan fingerprint density at radius 1 is 1.08 bits per heavy atom. The van der Waals surface area contributed by atoms with Gasteiger partial charge in [0.15, 0.2) is 0 Å². The van der Waals surface area contributed by atoms with Crippen LogP contribution in [-0.4, -0.2) is 8.24 Å². The van der Waals surface area contributed by atoms with Gasteiger partial charge in [0, 0.05) is 5.69 Å². The van der Waals surface area contributed by atoms with Gasteiger partial charge in [-0.15, -0.1) is 0 Å². The summed E-state index contributed by atoms with van der Waals surface area (Å²) in [4.78, 5) is 3.44. The largest absolute Gasteiger partial charge is 0.411 e. The van der Waals surface area contributed by atoms with Crippen LogP contribution in [0.4, 0.5) is 5.69 Å². The molecule has 0 unspecified atom stereocenters. The maximum Gasteiger partial charge on any atom is 0.144 e. The standard InChI is InChI=1S/C9H13Cl2NSi/c1-13(2,3)12-7-4-5-8(10)9(11)6-7/h4-6,12H,1-3H3. The molecule has 1 aromatic rings. The normalized spacial score (nSPS) is 11.5. The van der Waals surface area contributed by atoms with Crippen molar-refractivity contribution in [2.75, 3.05) is 4.98 Å². The molecule has 0 aliphatic heterocycles. The molecule has 1 N–H and O–H groups in total. The molecule has 0 bridgehead atoms. The zero-order valence-electron chi connectivity index (χ0n) is 7.99. The van der Waals surface area contributed by atoms with E-state index < -0.39 is 8.24 Å². The monoisotopic (exact) mass is 233 g/mol. The van der Waals surface area contributed by atoms with Crippen molar-refractivity contribution < 1.29 is 0 Å². The van der Waals surface area contributed by atoms with Gasteiger partial charge in [0.2, 0.25) is 0 Å². The summed E-state index contributed by atoms with van der Waals surface area (Å²) in [6, 6.07) is 5.63. The Bertz CT molecular complexity index is 307. The fourth-order valence-corrected chi connectivity index (χ4v) is 2.33. The van der Waals surface area contributed by atoms with E-state index in [0.29, 0.717) is 10.0 Å². The Kier molecular flexibility index (Phi) is 3.27. The highest BCUT2D eigenvalue weighted by Gasteiger charge is 2.12. The van der Waals surface area contributed by atoms with E-state index in [4.69, 9.17) is 23.2 Å². The van der Waals surface area contributed by atoms with Gasteiger partial charge < -0.3 is 4.98 Å². The highest BCUT2D eigenvalue weighted by atomic mass is 35.5. The first-order valence-electron chi connectivity index (χ1n) is 4.12. The maximum absolute atomic E-state index is 5.89. The van der Waals surface area contributed by atoms with Gasteiger partial charge in [-0.1, -0.05) is 42.8 Å². The highest BCUT2D eigenvalue weighted by molar-refractivity contribution is 6.79. The Hall–Kier alpha value is -0.183. The molecule has 1 nitrogen and oxygen atoms in total. The van der Waals surface area contributed by atoms with E-state index in [9.17, 15) is 0 Å². The van der Waals surface area contributed by atoms with Crippen LogP contribution in [0.5, 0.6) is 0 Å². The molecule has 1 rings (SSSR count). The van der Waals surface area contributed by atoms with Crippen LogP contribution >= 0.6 is 23.2 Å². The summed E-state index contributed by atoms with van der Waals surface area (Å²) in [6.45, 7) is 6.69. The summed E-state index contributed by atoms with van der Waals surface area (Å²) < 4.78 is 0. The first-order valence-corrected chi connectivity index (χ1v) is 8.37. The number of nitrogens with one attached hydrogen (secondary N) is 1. The molecule has 0 atom stereocenters. The zero-order valence-corrected chi connectivity index (χ0v) is 10.5. The number of benzene rings is 1. The number of rotatable bonds is 2. The van der Waals surface area contributed by atoms with Crippen molar-refractivity contribution >= 4 is 37.1 Å². The predicted molar refractivity (Wildman–Crippen MR) is 63.4 cm³/mol. The summed E-state index contributed by atoms with van der Waals surface area (Å²) in [7, 11) is -1.29.